The van der Waals surface area contributed by atoms with Crippen LogP contribution in [-0.2, 0) is 20.7 Å². The predicted octanol–water partition coefficient (Wildman–Crippen LogP) is 1.77. The Bertz CT molecular complexity index is 538. The highest BCUT2D eigenvalue weighted by Crippen LogP contribution is 2.26. The molecular formula is C15H18N2O3. The average Bonchev–Trinajstić information content (AvgIpc) is 2.80. The fraction of sp³-hybridized carbons (Fsp3) is 0.400. The minimum absolute atomic E-state index is 0.110. The fourth-order valence-corrected chi connectivity index (χ4v) is 2.09. The zero-order chi connectivity index (χ0) is 14.4. The maximum absolute atomic E-state index is 11.7. The van der Waals surface area contributed by atoms with Gasteiger partial charge in [-0.05, 0) is 18.6 Å². The summed E-state index contributed by atoms with van der Waals surface area (Å²) in [6.07, 6.45) is 1.20. The number of para-hydroxylation sites is 1. The van der Waals surface area contributed by atoms with Gasteiger partial charge in [0.15, 0.2) is 0 Å². The Labute approximate surface area is 118 Å². The number of amides is 1. The predicted molar refractivity (Wildman–Crippen MR) is 76.1 cm³/mol. The molecule has 0 radical (unpaired) electrons. The third kappa shape index (κ3) is 3.91. The zero-order valence-electron chi connectivity index (χ0n) is 11.5. The first kappa shape index (κ1) is 14.2. The second kappa shape index (κ2) is 6.84. The molecule has 1 heterocycles. The van der Waals surface area contributed by atoms with Crippen LogP contribution in [-0.4, -0.2) is 30.7 Å². The highest BCUT2D eigenvalue weighted by molar-refractivity contribution is 6.05. The van der Waals surface area contributed by atoms with Crippen LogP contribution < -0.4 is 5.32 Å². The smallest absolute Gasteiger partial charge is 0.307 e. The van der Waals surface area contributed by atoms with Crippen LogP contribution in [0.1, 0.15) is 25.3 Å². The van der Waals surface area contributed by atoms with E-state index in [0.29, 0.717) is 13.2 Å². The summed E-state index contributed by atoms with van der Waals surface area (Å²) < 4.78 is 4.79. The number of aliphatic imine (C=N–C) groups is 1. The molecule has 5 nitrogen and oxygen atoms in total. The van der Waals surface area contributed by atoms with Crippen molar-refractivity contribution in [2.75, 3.05) is 13.2 Å². The van der Waals surface area contributed by atoms with Gasteiger partial charge in [0.2, 0.25) is 5.91 Å². The van der Waals surface area contributed by atoms with Crippen LogP contribution >= 0.6 is 0 Å². The molecule has 1 aliphatic rings. The summed E-state index contributed by atoms with van der Waals surface area (Å²) in [5.74, 6) is -0.403. The van der Waals surface area contributed by atoms with Crippen molar-refractivity contribution in [2.45, 2.75) is 26.2 Å². The number of carbonyl (C=O) groups excluding carboxylic acids is 2. The van der Waals surface area contributed by atoms with Crippen LogP contribution in [0.25, 0.3) is 0 Å². The van der Waals surface area contributed by atoms with Crippen LogP contribution in [0.4, 0.5) is 5.69 Å². The van der Waals surface area contributed by atoms with E-state index in [1.807, 2.05) is 24.3 Å². The minimum atomic E-state index is -0.293. The first-order chi connectivity index (χ1) is 9.69. The molecule has 1 aromatic carbocycles. The van der Waals surface area contributed by atoms with Crippen LogP contribution in [0, 0.1) is 0 Å². The summed E-state index contributed by atoms with van der Waals surface area (Å²) >= 11 is 0. The number of hydrogen-bond acceptors (Lipinski definition) is 4. The summed E-state index contributed by atoms with van der Waals surface area (Å²) in [6.45, 7) is 2.42. The number of hydrogen-bond donors (Lipinski definition) is 1. The van der Waals surface area contributed by atoms with Crippen molar-refractivity contribution in [3.8, 4) is 0 Å². The quantitative estimate of drug-likeness (QED) is 0.804. The second-order valence-corrected chi connectivity index (χ2v) is 4.57. The Morgan fingerprint density at radius 3 is 2.90 bits per heavy atom. The van der Waals surface area contributed by atoms with Crippen molar-refractivity contribution in [1.29, 1.82) is 0 Å². The zero-order valence-corrected chi connectivity index (χ0v) is 11.5. The maximum Gasteiger partial charge on any atom is 0.307 e. The molecule has 20 heavy (non-hydrogen) atoms. The average molecular weight is 274 g/mol. The summed E-state index contributed by atoms with van der Waals surface area (Å²) in [5.41, 5.74) is 2.96. The van der Waals surface area contributed by atoms with Crippen molar-refractivity contribution in [3.63, 3.8) is 0 Å². The Balaban J connectivity index is 1.73. The van der Waals surface area contributed by atoms with Gasteiger partial charge in [-0.25, -0.2) is 0 Å². The molecule has 1 aromatic rings. The molecule has 5 heteroatoms. The Morgan fingerprint density at radius 1 is 1.35 bits per heavy atom. The van der Waals surface area contributed by atoms with Crippen LogP contribution in [0.15, 0.2) is 29.3 Å². The first-order valence-corrected chi connectivity index (χ1v) is 6.75. The summed E-state index contributed by atoms with van der Waals surface area (Å²) in [4.78, 5) is 27.3. The van der Waals surface area contributed by atoms with Crippen molar-refractivity contribution < 1.29 is 14.3 Å². The van der Waals surface area contributed by atoms with Gasteiger partial charge in [-0.1, -0.05) is 18.2 Å². The lowest BCUT2D eigenvalue weighted by Crippen LogP contribution is -2.28. The van der Waals surface area contributed by atoms with Gasteiger partial charge in [0.1, 0.15) is 0 Å². The third-order valence-corrected chi connectivity index (χ3v) is 2.99. The van der Waals surface area contributed by atoms with E-state index in [0.717, 1.165) is 23.4 Å². The van der Waals surface area contributed by atoms with Crippen LogP contribution in [0.2, 0.25) is 0 Å². The van der Waals surface area contributed by atoms with Crippen molar-refractivity contribution in [1.82, 2.24) is 5.32 Å². The van der Waals surface area contributed by atoms with Crippen molar-refractivity contribution in [3.05, 3.63) is 29.8 Å². The number of nitrogens with one attached hydrogen (secondary N) is 1. The molecule has 106 valence electrons. The fourth-order valence-electron chi connectivity index (χ4n) is 2.09. The van der Waals surface area contributed by atoms with E-state index >= 15 is 0 Å². The summed E-state index contributed by atoms with van der Waals surface area (Å²) in [6, 6.07) is 7.87. The van der Waals surface area contributed by atoms with Crippen LogP contribution in [0.3, 0.4) is 0 Å². The SMILES string of the molecule is CCOC(=O)CCNC(=O)CC1=Nc2ccccc2C1. The Morgan fingerprint density at radius 2 is 2.15 bits per heavy atom. The Kier molecular flexibility index (Phi) is 4.87. The molecule has 0 atom stereocenters. The molecule has 1 amide bonds. The lowest BCUT2D eigenvalue weighted by Gasteiger charge is -2.05. The largest absolute Gasteiger partial charge is 0.466 e. The third-order valence-electron chi connectivity index (χ3n) is 2.99. The number of fused-ring (bicyclic) bond motifs is 1. The number of ether oxygens (including phenoxy) is 1. The number of nitrogens with zero attached hydrogens (tertiary/aromatic N) is 1. The molecule has 1 aliphatic heterocycles. The highest BCUT2D eigenvalue weighted by atomic mass is 16.5. The maximum atomic E-state index is 11.7. The normalized spacial score (nSPS) is 12.6. The van der Waals surface area contributed by atoms with Gasteiger partial charge in [0.05, 0.1) is 25.1 Å². The number of benzene rings is 1. The minimum Gasteiger partial charge on any atom is -0.466 e. The second-order valence-electron chi connectivity index (χ2n) is 4.57. The number of rotatable bonds is 6. The van der Waals surface area contributed by atoms with Gasteiger partial charge >= 0.3 is 5.97 Å². The lowest BCUT2D eigenvalue weighted by atomic mass is 10.1. The molecule has 0 aromatic heterocycles. The van der Waals surface area contributed by atoms with Crippen LogP contribution in [0.5, 0.6) is 0 Å². The topological polar surface area (TPSA) is 67.8 Å². The van der Waals surface area contributed by atoms with E-state index in [9.17, 15) is 9.59 Å². The standard InChI is InChI=1S/C15H18N2O3/c1-2-20-15(19)7-8-16-14(18)10-12-9-11-5-3-4-6-13(11)17-12/h3-6H,2,7-10H2,1H3,(H,16,18). The molecule has 0 aliphatic carbocycles. The molecule has 0 unspecified atom stereocenters. The molecule has 2 rings (SSSR count). The van der Waals surface area contributed by atoms with Crippen molar-refractivity contribution >= 4 is 23.3 Å². The van der Waals surface area contributed by atoms with E-state index in [4.69, 9.17) is 4.74 Å². The molecule has 0 saturated carbocycles. The van der Waals surface area contributed by atoms with Gasteiger partial charge in [-0.3, -0.25) is 14.6 Å². The van der Waals surface area contributed by atoms with E-state index < -0.39 is 0 Å². The highest BCUT2D eigenvalue weighted by Gasteiger charge is 2.16. The van der Waals surface area contributed by atoms with Gasteiger partial charge in [0.25, 0.3) is 0 Å². The number of carbonyl (C=O) groups is 2. The Hall–Kier alpha value is -2.17. The molecule has 1 N–H and O–H groups in total. The van der Waals surface area contributed by atoms with Gasteiger partial charge in [-0.2, -0.15) is 0 Å². The summed E-state index contributed by atoms with van der Waals surface area (Å²) in [5, 5.41) is 2.71. The van der Waals surface area contributed by atoms with Gasteiger partial charge in [-0.15, -0.1) is 0 Å². The lowest BCUT2D eigenvalue weighted by molar-refractivity contribution is -0.143. The van der Waals surface area contributed by atoms with E-state index in [-0.39, 0.29) is 24.7 Å². The first-order valence-electron chi connectivity index (χ1n) is 6.75. The summed E-state index contributed by atoms with van der Waals surface area (Å²) in [7, 11) is 0. The van der Waals surface area contributed by atoms with E-state index in [1.165, 1.54) is 0 Å². The molecule has 0 spiro atoms. The van der Waals surface area contributed by atoms with Crippen molar-refractivity contribution in [2.24, 2.45) is 4.99 Å². The molecule has 0 fully saturated rings. The molecular weight excluding hydrogens is 256 g/mol. The van der Waals surface area contributed by atoms with Gasteiger partial charge in [0, 0.05) is 18.7 Å². The van der Waals surface area contributed by atoms with Gasteiger partial charge < -0.3 is 10.1 Å². The number of esters is 1. The van der Waals surface area contributed by atoms with E-state index in [1.54, 1.807) is 6.92 Å². The molecule has 0 saturated heterocycles. The van der Waals surface area contributed by atoms with E-state index in [2.05, 4.69) is 10.3 Å². The monoisotopic (exact) mass is 274 g/mol. The molecule has 0 bridgehead atoms.